The highest BCUT2D eigenvalue weighted by Gasteiger charge is 2.62. The van der Waals surface area contributed by atoms with Gasteiger partial charge in [-0.15, -0.1) is 0 Å². The standard InChI is InChI=1S/C13H11F5N2O/c14-12(15,13(16,17)18)11-20-10-7-3-1-2-6-19-8(7)4-5-9(10)21-11/h4-5,19H,1-3,6H2. The Morgan fingerprint density at radius 3 is 2.57 bits per heavy atom. The Hall–Kier alpha value is -1.86. The van der Waals surface area contributed by atoms with Crippen LogP contribution in [0.3, 0.4) is 0 Å². The van der Waals surface area contributed by atoms with Crippen molar-refractivity contribution in [2.24, 2.45) is 0 Å². The maximum absolute atomic E-state index is 13.3. The molecule has 0 saturated heterocycles. The van der Waals surface area contributed by atoms with Crippen LogP contribution in [0.5, 0.6) is 0 Å². The summed E-state index contributed by atoms with van der Waals surface area (Å²) >= 11 is 0. The Morgan fingerprint density at radius 1 is 1.10 bits per heavy atom. The number of anilines is 1. The van der Waals surface area contributed by atoms with Crippen molar-refractivity contribution < 1.29 is 26.4 Å². The van der Waals surface area contributed by atoms with Gasteiger partial charge in [0.2, 0.25) is 0 Å². The molecule has 3 nitrogen and oxygen atoms in total. The van der Waals surface area contributed by atoms with Crippen LogP contribution in [0.25, 0.3) is 11.1 Å². The largest absolute Gasteiger partial charge is 0.463 e. The quantitative estimate of drug-likeness (QED) is 0.801. The maximum Gasteiger partial charge on any atom is 0.463 e. The van der Waals surface area contributed by atoms with Crippen molar-refractivity contribution in [1.29, 1.82) is 0 Å². The first-order chi connectivity index (χ1) is 9.80. The highest BCUT2D eigenvalue weighted by atomic mass is 19.4. The smallest absolute Gasteiger partial charge is 0.435 e. The van der Waals surface area contributed by atoms with E-state index in [9.17, 15) is 22.0 Å². The molecule has 0 fully saturated rings. The van der Waals surface area contributed by atoms with Crippen molar-refractivity contribution in [3.63, 3.8) is 0 Å². The Morgan fingerprint density at radius 2 is 1.86 bits per heavy atom. The lowest BCUT2D eigenvalue weighted by Crippen LogP contribution is -2.33. The summed E-state index contributed by atoms with van der Waals surface area (Å²) in [5, 5.41) is 3.10. The number of hydrogen-bond acceptors (Lipinski definition) is 3. The van der Waals surface area contributed by atoms with Crippen molar-refractivity contribution in [1.82, 2.24) is 4.98 Å². The molecule has 1 aromatic carbocycles. The van der Waals surface area contributed by atoms with Gasteiger partial charge < -0.3 is 9.73 Å². The van der Waals surface area contributed by atoms with E-state index in [0.29, 0.717) is 17.7 Å². The molecule has 1 aromatic heterocycles. The first-order valence-electron chi connectivity index (χ1n) is 6.42. The number of nitrogens with one attached hydrogen (secondary N) is 1. The van der Waals surface area contributed by atoms with Crippen molar-refractivity contribution in [3.05, 3.63) is 23.6 Å². The summed E-state index contributed by atoms with van der Waals surface area (Å²) in [5.74, 6) is -6.71. The van der Waals surface area contributed by atoms with Gasteiger partial charge in [0.15, 0.2) is 5.58 Å². The third-order valence-electron chi connectivity index (χ3n) is 3.46. The van der Waals surface area contributed by atoms with Crippen LogP contribution < -0.4 is 5.32 Å². The Bertz CT molecular complexity index is 677. The number of aryl methyl sites for hydroxylation is 1. The van der Waals surface area contributed by atoms with Crippen LogP contribution in [0.1, 0.15) is 24.3 Å². The Balaban J connectivity index is 2.15. The molecular weight excluding hydrogens is 295 g/mol. The Labute approximate surface area is 116 Å². The summed E-state index contributed by atoms with van der Waals surface area (Å²) in [6.07, 6.45) is -3.48. The molecule has 114 valence electrons. The molecule has 3 rings (SSSR count). The molecule has 0 radical (unpaired) electrons. The lowest BCUT2D eigenvalue weighted by Gasteiger charge is -2.15. The lowest BCUT2D eigenvalue weighted by atomic mass is 10.1. The van der Waals surface area contributed by atoms with Gasteiger partial charge in [-0.25, -0.2) is 4.98 Å². The van der Waals surface area contributed by atoms with Crippen LogP contribution in [0.4, 0.5) is 27.6 Å². The number of rotatable bonds is 1. The van der Waals surface area contributed by atoms with Gasteiger partial charge >= 0.3 is 12.1 Å². The maximum atomic E-state index is 13.3. The molecule has 0 spiro atoms. The minimum Gasteiger partial charge on any atom is -0.435 e. The number of aromatic nitrogens is 1. The SMILES string of the molecule is FC(F)(F)C(F)(F)c1nc2c3c(ccc2o1)NCCCC3. The topological polar surface area (TPSA) is 38.1 Å². The molecule has 1 aliphatic heterocycles. The molecule has 1 aliphatic rings. The van der Waals surface area contributed by atoms with Gasteiger partial charge in [0.05, 0.1) is 0 Å². The van der Waals surface area contributed by atoms with Crippen LogP contribution in [0.15, 0.2) is 16.5 Å². The van der Waals surface area contributed by atoms with E-state index < -0.39 is 18.0 Å². The molecule has 2 aromatic rings. The summed E-state index contributed by atoms with van der Waals surface area (Å²) in [5.41, 5.74) is 1.34. The van der Waals surface area contributed by atoms with E-state index in [1.165, 1.54) is 6.07 Å². The second-order valence-corrected chi connectivity index (χ2v) is 4.91. The molecule has 0 saturated carbocycles. The minimum absolute atomic E-state index is 0.0589. The minimum atomic E-state index is -5.73. The molecule has 0 unspecified atom stereocenters. The van der Waals surface area contributed by atoms with E-state index >= 15 is 0 Å². The monoisotopic (exact) mass is 306 g/mol. The van der Waals surface area contributed by atoms with Crippen LogP contribution in [-0.2, 0) is 12.3 Å². The summed E-state index contributed by atoms with van der Waals surface area (Å²) in [4.78, 5) is 3.43. The second kappa shape index (κ2) is 4.57. The Kier molecular flexibility index (Phi) is 3.07. The van der Waals surface area contributed by atoms with Crippen molar-refractivity contribution in [2.45, 2.75) is 31.4 Å². The van der Waals surface area contributed by atoms with E-state index in [1.54, 1.807) is 6.07 Å². The average molecular weight is 306 g/mol. The first-order valence-corrected chi connectivity index (χ1v) is 6.42. The van der Waals surface area contributed by atoms with Crippen LogP contribution >= 0.6 is 0 Å². The molecule has 0 bridgehead atoms. The molecule has 0 amide bonds. The van der Waals surface area contributed by atoms with Gasteiger partial charge in [-0.05, 0) is 31.4 Å². The molecule has 8 heteroatoms. The number of hydrogen-bond donors (Lipinski definition) is 1. The fourth-order valence-corrected chi connectivity index (χ4v) is 2.37. The number of oxazole rings is 1. The van der Waals surface area contributed by atoms with Crippen molar-refractivity contribution in [2.75, 3.05) is 11.9 Å². The normalized spacial score (nSPS) is 16.4. The summed E-state index contributed by atoms with van der Waals surface area (Å²) in [7, 11) is 0. The number of nitrogens with zero attached hydrogens (tertiary/aromatic N) is 1. The predicted octanol–water partition coefficient (Wildman–Crippen LogP) is 4.23. The zero-order valence-electron chi connectivity index (χ0n) is 10.7. The molecule has 0 aliphatic carbocycles. The van der Waals surface area contributed by atoms with Gasteiger partial charge in [0.25, 0.3) is 5.89 Å². The molecule has 21 heavy (non-hydrogen) atoms. The first kappa shape index (κ1) is 14.1. The van der Waals surface area contributed by atoms with E-state index in [2.05, 4.69) is 14.7 Å². The molecule has 0 atom stereocenters. The highest BCUT2D eigenvalue weighted by molar-refractivity contribution is 5.83. The van der Waals surface area contributed by atoms with Gasteiger partial charge in [0.1, 0.15) is 5.52 Å². The van der Waals surface area contributed by atoms with Crippen molar-refractivity contribution >= 4 is 16.8 Å². The predicted molar refractivity (Wildman–Crippen MR) is 65.4 cm³/mol. The second-order valence-electron chi connectivity index (χ2n) is 4.91. The number of benzene rings is 1. The van der Waals surface area contributed by atoms with Crippen LogP contribution in [-0.4, -0.2) is 17.7 Å². The third-order valence-corrected chi connectivity index (χ3v) is 3.46. The summed E-state index contributed by atoms with van der Waals surface area (Å²) in [6.45, 7) is 0.724. The van der Waals surface area contributed by atoms with Crippen LogP contribution in [0.2, 0.25) is 0 Å². The van der Waals surface area contributed by atoms with E-state index in [4.69, 9.17) is 0 Å². The number of halogens is 5. The molecular formula is C13H11F5N2O. The number of alkyl halides is 5. The zero-order chi connectivity index (χ0) is 15.3. The fourth-order valence-electron chi connectivity index (χ4n) is 2.37. The van der Waals surface area contributed by atoms with Crippen LogP contribution in [0, 0.1) is 0 Å². The number of fused-ring (bicyclic) bond motifs is 3. The average Bonchev–Trinajstić information content (AvgIpc) is 2.69. The van der Waals surface area contributed by atoms with Gasteiger partial charge in [0, 0.05) is 17.8 Å². The molecule has 2 heterocycles. The van der Waals surface area contributed by atoms with E-state index in [0.717, 1.165) is 19.4 Å². The van der Waals surface area contributed by atoms with Gasteiger partial charge in [-0.1, -0.05) is 0 Å². The van der Waals surface area contributed by atoms with Gasteiger partial charge in [-0.3, -0.25) is 0 Å². The van der Waals surface area contributed by atoms with E-state index in [-0.39, 0.29) is 11.1 Å². The van der Waals surface area contributed by atoms with Gasteiger partial charge in [-0.2, -0.15) is 22.0 Å². The molecule has 1 N–H and O–H groups in total. The fraction of sp³-hybridized carbons (Fsp3) is 0.462. The lowest BCUT2D eigenvalue weighted by molar-refractivity contribution is -0.297. The third kappa shape index (κ3) is 2.22. The van der Waals surface area contributed by atoms with Crippen molar-refractivity contribution in [3.8, 4) is 0 Å². The highest BCUT2D eigenvalue weighted by Crippen LogP contribution is 2.44. The van der Waals surface area contributed by atoms with E-state index in [1.807, 2.05) is 0 Å². The summed E-state index contributed by atoms with van der Waals surface area (Å²) in [6, 6.07) is 2.97. The summed E-state index contributed by atoms with van der Waals surface area (Å²) < 4.78 is 68.5. The zero-order valence-corrected chi connectivity index (χ0v) is 10.7.